The minimum atomic E-state index is 0.463. The predicted molar refractivity (Wildman–Crippen MR) is 92.4 cm³/mol. The van der Waals surface area contributed by atoms with Crippen LogP contribution in [-0.2, 0) is 6.61 Å². The number of aldehydes is 1. The third-order valence-corrected chi connectivity index (χ3v) is 3.65. The van der Waals surface area contributed by atoms with Crippen molar-refractivity contribution < 1.29 is 14.3 Å². The molecule has 0 spiro atoms. The summed E-state index contributed by atoms with van der Waals surface area (Å²) in [7, 11) is 1.56. The van der Waals surface area contributed by atoms with Crippen LogP contribution in [0.25, 0.3) is 11.1 Å². The molecule has 0 aliphatic heterocycles. The van der Waals surface area contributed by atoms with Crippen LogP contribution >= 0.6 is 0 Å². The highest BCUT2D eigenvalue weighted by molar-refractivity contribution is 5.89. The van der Waals surface area contributed by atoms with Gasteiger partial charge in [0.15, 0.2) is 6.29 Å². The van der Waals surface area contributed by atoms with Crippen molar-refractivity contribution in [1.29, 1.82) is 0 Å². The van der Waals surface area contributed by atoms with Crippen molar-refractivity contribution >= 4 is 6.29 Å². The molecule has 24 heavy (non-hydrogen) atoms. The van der Waals surface area contributed by atoms with Crippen LogP contribution in [0.5, 0.6) is 11.6 Å². The Morgan fingerprint density at radius 1 is 1.00 bits per heavy atom. The molecule has 2 aromatic carbocycles. The molecule has 0 aliphatic rings. The number of aromatic nitrogens is 1. The minimum Gasteiger partial charge on any atom is -0.489 e. The van der Waals surface area contributed by atoms with E-state index in [-0.39, 0.29) is 0 Å². The number of hydrogen-bond donors (Lipinski definition) is 0. The summed E-state index contributed by atoms with van der Waals surface area (Å²) in [5.41, 5.74) is 3.14. The Hall–Kier alpha value is -3.14. The summed E-state index contributed by atoms with van der Waals surface area (Å²) in [5.74, 6) is 1.16. The van der Waals surface area contributed by atoms with E-state index in [1.54, 1.807) is 25.4 Å². The van der Waals surface area contributed by atoms with E-state index in [0.29, 0.717) is 23.8 Å². The van der Waals surface area contributed by atoms with E-state index in [9.17, 15) is 4.79 Å². The molecule has 0 amide bonds. The number of rotatable bonds is 6. The number of methoxy groups -OCH3 is 1. The van der Waals surface area contributed by atoms with Crippen LogP contribution in [0.3, 0.4) is 0 Å². The van der Waals surface area contributed by atoms with E-state index in [0.717, 1.165) is 23.0 Å². The average molecular weight is 319 g/mol. The van der Waals surface area contributed by atoms with Crippen molar-refractivity contribution in [2.45, 2.75) is 6.61 Å². The number of carbonyl (C=O) groups excluding carboxylic acids is 1. The zero-order valence-electron chi connectivity index (χ0n) is 13.3. The molecule has 0 saturated heterocycles. The molecule has 3 rings (SSSR count). The van der Waals surface area contributed by atoms with E-state index in [1.807, 2.05) is 48.5 Å². The maximum Gasteiger partial charge on any atom is 0.221 e. The second-order valence-corrected chi connectivity index (χ2v) is 5.20. The van der Waals surface area contributed by atoms with Crippen LogP contribution in [0, 0.1) is 0 Å². The SMILES string of the molecule is COc1ncccc1-c1cc(OCc2ccccc2)ccc1C=O. The van der Waals surface area contributed by atoms with Crippen molar-refractivity contribution in [3.05, 3.63) is 78.0 Å². The van der Waals surface area contributed by atoms with E-state index < -0.39 is 0 Å². The number of ether oxygens (including phenoxy) is 2. The zero-order chi connectivity index (χ0) is 16.8. The normalized spacial score (nSPS) is 10.2. The van der Waals surface area contributed by atoms with E-state index in [2.05, 4.69) is 4.98 Å². The first-order valence-corrected chi connectivity index (χ1v) is 7.57. The maximum atomic E-state index is 11.4. The number of benzene rings is 2. The lowest BCUT2D eigenvalue weighted by atomic mass is 10.0. The second-order valence-electron chi connectivity index (χ2n) is 5.20. The first-order valence-electron chi connectivity index (χ1n) is 7.57. The molecule has 4 heteroatoms. The monoisotopic (exact) mass is 319 g/mol. The zero-order valence-corrected chi connectivity index (χ0v) is 13.3. The van der Waals surface area contributed by atoms with Crippen LogP contribution in [0.4, 0.5) is 0 Å². The van der Waals surface area contributed by atoms with Gasteiger partial charge >= 0.3 is 0 Å². The molecule has 3 aromatic rings. The minimum absolute atomic E-state index is 0.463. The van der Waals surface area contributed by atoms with Crippen molar-refractivity contribution in [3.63, 3.8) is 0 Å². The van der Waals surface area contributed by atoms with Gasteiger partial charge in [0.25, 0.3) is 0 Å². The lowest BCUT2D eigenvalue weighted by molar-refractivity contribution is 0.112. The van der Waals surface area contributed by atoms with Gasteiger partial charge in [0.1, 0.15) is 12.4 Å². The molecule has 120 valence electrons. The molecule has 0 atom stereocenters. The smallest absolute Gasteiger partial charge is 0.221 e. The van der Waals surface area contributed by atoms with E-state index in [4.69, 9.17) is 9.47 Å². The Bertz CT molecular complexity index is 831. The summed E-state index contributed by atoms with van der Waals surface area (Å²) < 4.78 is 11.2. The van der Waals surface area contributed by atoms with Gasteiger partial charge in [-0.05, 0) is 35.9 Å². The molecular weight excluding hydrogens is 302 g/mol. The molecule has 0 saturated carbocycles. The summed E-state index contributed by atoms with van der Waals surface area (Å²) in [6, 6.07) is 19.0. The quantitative estimate of drug-likeness (QED) is 0.640. The molecule has 1 heterocycles. The first-order chi connectivity index (χ1) is 11.8. The number of hydrogen-bond acceptors (Lipinski definition) is 4. The molecule has 4 nitrogen and oxygen atoms in total. The van der Waals surface area contributed by atoms with Crippen LogP contribution in [0.15, 0.2) is 66.9 Å². The molecule has 0 N–H and O–H groups in total. The summed E-state index contributed by atoms with van der Waals surface area (Å²) in [4.78, 5) is 15.6. The van der Waals surface area contributed by atoms with Gasteiger partial charge in [-0.1, -0.05) is 30.3 Å². The Labute approximate surface area is 140 Å². The number of carbonyl (C=O) groups is 1. The third-order valence-electron chi connectivity index (χ3n) is 3.65. The Morgan fingerprint density at radius 2 is 1.83 bits per heavy atom. The van der Waals surface area contributed by atoms with Crippen LogP contribution < -0.4 is 9.47 Å². The largest absolute Gasteiger partial charge is 0.489 e. The van der Waals surface area contributed by atoms with Crippen molar-refractivity contribution in [2.75, 3.05) is 7.11 Å². The van der Waals surface area contributed by atoms with E-state index >= 15 is 0 Å². The van der Waals surface area contributed by atoms with Gasteiger partial charge < -0.3 is 9.47 Å². The number of nitrogens with zero attached hydrogens (tertiary/aromatic N) is 1. The highest BCUT2D eigenvalue weighted by Crippen LogP contribution is 2.32. The first kappa shape index (κ1) is 15.7. The lowest BCUT2D eigenvalue weighted by Gasteiger charge is -2.12. The van der Waals surface area contributed by atoms with Gasteiger partial charge in [-0.2, -0.15) is 0 Å². The van der Waals surface area contributed by atoms with Gasteiger partial charge in [-0.25, -0.2) is 4.98 Å². The molecule has 0 bridgehead atoms. The van der Waals surface area contributed by atoms with Crippen LogP contribution in [-0.4, -0.2) is 18.4 Å². The standard InChI is InChI=1S/C20H17NO3/c1-23-20-18(8-5-11-21-20)19-12-17(10-9-16(19)13-22)24-14-15-6-3-2-4-7-15/h2-13H,14H2,1H3. The fourth-order valence-corrected chi connectivity index (χ4v) is 2.46. The molecule has 0 unspecified atom stereocenters. The topological polar surface area (TPSA) is 48.4 Å². The molecule has 1 aromatic heterocycles. The van der Waals surface area contributed by atoms with Crippen molar-refractivity contribution in [1.82, 2.24) is 4.98 Å². The second kappa shape index (κ2) is 7.42. The van der Waals surface area contributed by atoms with Crippen LogP contribution in [0.1, 0.15) is 15.9 Å². The Kier molecular flexibility index (Phi) is 4.87. The predicted octanol–water partition coefficient (Wildman–Crippen LogP) is 4.15. The summed E-state index contributed by atoms with van der Waals surface area (Å²) in [6.45, 7) is 0.463. The molecule has 0 aliphatic carbocycles. The van der Waals surface area contributed by atoms with Crippen molar-refractivity contribution in [2.24, 2.45) is 0 Å². The van der Waals surface area contributed by atoms with Gasteiger partial charge in [0.2, 0.25) is 5.88 Å². The highest BCUT2D eigenvalue weighted by Gasteiger charge is 2.12. The van der Waals surface area contributed by atoms with Gasteiger partial charge in [-0.3, -0.25) is 4.79 Å². The molecule has 0 fully saturated rings. The summed E-state index contributed by atoms with van der Waals surface area (Å²) in [6.07, 6.45) is 2.47. The fourth-order valence-electron chi connectivity index (χ4n) is 2.46. The Morgan fingerprint density at radius 3 is 2.58 bits per heavy atom. The summed E-state index contributed by atoms with van der Waals surface area (Å²) in [5, 5.41) is 0. The third kappa shape index (κ3) is 3.43. The molecule has 0 radical (unpaired) electrons. The molecular formula is C20H17NO3. The Balaban J connectivity index is 1.92. The van der Waals surface area contributed by atoms with Gasteiger partial charge in [0.05, 0.1) is 7.11 Å². The fraction of sp³-hybridized carbons (Fsp3) is 0.100. The van der Waals surface area contributed by atoms with E-state index in [1.165, 1.54) is 0 Å². The van der Waals surface area contributed by atoms with Crippen molar-refractivity contribution in [3.8, 4) is 22.8 Å². The van der Waals surface area contributed by atoms with Crippen LogP contribution in [0.2, 0.25) is 0 Å². The van der Waals surface area contributed by atoms with Gasteiger partial charge in [-0.15, -0.1) is 0 Å². The summed E-state index contributed by atoms with van der Waals surface area (Å²) >= 11 is 0. The lowest BCUT2D eigenvalue weighted by Crippen LogP contribution is -1.98. The van der Waals surface area contributed by atoms with Gasteiger partial charge in [0, 0.05) is 22.9 Å². The average Bonchev–Trinajstić information content (AvgIpc) is 2.67. The highest BCUT2D eigenvalue weighted by atomic mass is 16.5. The maximum absolute atomic E-state index is 11.4. The number of pyridine rings is 1.